The maximum atomic E-state index is 13.3. The Morgan fingerprint density at radius 2 is 1.21 bits per heavy atom. The van der Waals surface area contributed by atoms with Crippen LogP contribution in [0.3, 0.4) is 0 Å². The van der Waals surface area contributed by atoms with Gasteiger partial charge in [0.25, 0.3) is 0 Å². The highest BCUT2D eigenvalue weighted by Gasteiger charge is 2.28. The Hall–Kier alpha value is -1.37. The Morgan fingerprint density at radius 1 is 0.842 bits per heavy atom. The second-order valence-electron chi connectivity index (χ2n) is 4.23. The van der Waals surface area contributed by atoms with Crippen molar-refractivity contribution in [2.75, 3.05) is 11.9 Å². The van der Waals surface area contributed by atoms with E-state index in [1.807, 2.05) is 0 Å². The van der Waals surface area contributed by atoms with Crippen molar-refractivity contribution >= 4 is 5.69 Å². The van der Waals surface area contributed by atoms with Crippen molar-refractivity contribution in [3.8, 4) is 0 Å². The summed E-state index contributed by atoms with van der Waals surface area (Å²) in [6.07, 6.45) is 0.539. The van der Waals surface area contributed by atoms with Crippen molar-refractivity contribution in [3.05, 3.63) is 29.1 Å². The monoisotopic (exact) mass is 283 g/mol. The van der Waals surface area contributed by atoms with Crippen LogP contribution in [-0.2, 0) is 0 Å². The third-order valence-corrected chi connectivity index (χ3v) is 3.12. The number of aliphatic hydroxyl groups is 1. The van der Waals surface area contributed by atoms with E-state index >= 15 is 0 Å². The first-order valence-corrected chi connectivity index (χ1v) is 5.75. The third kappa shape index (κ3) is 2.97. The van der Waals surface area contributed by atoms with E-state index in [0.717, 1.165) is 0 Å². The third-order valence-electron chi connectivity index (χ3n) is 3.12. The smallest absolute Gasteiger partial charge is 0.200 e. The first kappa shape index (κ1) is 15.7. The zero-order valence-corrected chi connectivity index (χ0v) is 10.5. The predicted octanol–water partition coefficient (Wildman–Crippen LogP) is 3.35. The number of hydrogen-bond acceptors (Lipinski definition) is 2. The average Bonchev–Trinajstić information content (AvgIpc) is 2.42. The molecule has 2 nitrogen and oxygen atoms in total. The lowest BCUT2D eigenvalue weighted by atomic mass is 9.97. The van der Waals surface area contributed by atoms with Gasteiger partial charge in [-0.3, -0.25) is 0 Å². The predicted molar refractivity (Wildman–Crippen MR) is 60.3 cm³/mol. The van der Waals surface area contributed by atoms with Crippen LogP contribution in [-0.4, -0.2) is 17.3 Å². The SMILES string of the molecule is CCC(O)(CC)CNc1c(F)c(F)c(F)c(F)c1F. The number of nitrogens with one attached hydrogen (secondary N) is 1. The quantitative estimate of drug-likeness (QED) is 0.493. The Labute approximate surface area is 107 Å². The Morgan fingerprint density at radius 3 is 1.58 bits per heavy atom. The van der Waals surface area contributed by atoms with Crippen LogP contribution in [0.2, 0.25) is 0 Å². The van der Waals surface area contributed by atoms with Gasteiger partial charge < -0.3 is 10.4 Å². The molecule has 0 aromatic heterocycles. The number of rotatable bonds is 5. The van der Waals surface area contributed by atoms with Crippen LogP contribution in [0.25, 0.3) is 0 Å². The van der Waals surface area contributed by atoms with Crippen LogP contribution in [0.1, 0.15) is 26.7 Å². The molecule has 0 spiro atoms. The summed E-state index contributed by atoms with van der Waals surface area (Å²) in [7, 11) is 0. The van der Waals surface area contributed by atoms with Gasteiger partial charge in [0.2, 0.25) is 5.82 Å². The van der Waals surface area contributed by atoms with Gasteiger partial charge in [0.1, 0.15) is 5.69 Å². The van der Waals surface area contributed by atoms with Crippen LogP contribution in [0.5, 0.6) is 0 Å². The average molecular weight is 283 g/mol. The molecule has 1 aromatic rings. The van der Waals surface area contributed by atoms with E-state index in [2.05, 4.69) is 5.32 Å². The maximum Gasteiger partial charge on any atom is 0.200 e. The lowest BCUT2D eigenvalue weighted by Crippen LogP contribution is -2.36. The fraction of sp³-hybridized carbons (Fsp3) is 0.500. The van der Waals surface area contributed by atoms with Gasteiger partial charge in [-0.2, -0.15) is 0 Å². The molecule has 0 radical (unpaired) electrons. The van der Waals surface area contributed by atoms with E-state index in [0.29, 0.717) is 0 Å². The highest BCUT2D eigenvalue weighted by molar-refractivity contribution is 5.48. The summed E-state index contributed by atoms with van der Waals surface area (Å²) >= 11 is 0. The number of halogens is 5. The van der Waals surface area contributed by atoms with Crippen LogP contribution in [0.4, 0.5) is 27.6 Å². The molecule has 108 valence electrons. The van der Waals surface area contributed by atoms with Gasteiger partial charge in [-0.15, -0.1) is 0 Å². The minimum Gasteiger partial charge on any atom is -0.388 e. The normalized spacial score (nSPS) is 11.8. The second kappa shape index (κ2) is 5.73. The molecule has 0 amide bonds. The van der Waals surface area contributed by atoms with Crippen molar-refractivity contribution in [1.29, 1.82) is 0 Å². The van der Waals surface area contributed by atoms with Crippen molar-refractivity contribution in [1.82, 2.24) is 0 Å². The molecule has 0 aliphatic carbocycles. The molecule has 2 N–H and O–H groups in total. The topological polar surface area (TPSA) is 32.3 Å². The summed E-state index contributed by atoms with van der Waals surface area (Å²) < 4.78 is 65.3. The Balaban J connectivity index is 3.09. The van der Waals surface area contributed by atoms with Crippen molar-refractivity contribution in [3.63, 3.8) is 0 Å². The molecule has 0 heterocycles. The minimum atomic E-state index is -2.21. The fourth-order valence-corrected chi connectivity index (χ4v) is 1.51. The maximum absolute atomic E-state index is 13.3. The van der Waals surface area contributed by atoms with E-state index in [1.54, 1.807) is 13.8 Å². The number of benzene rings is 1. The molecule has 0 aliphatic rings. The molecule has 1 aromatic carbocycles. The minimum absolute atomic E-state index is 0.270. The summed E-state index contributed by atoms with van der Waals surface area (Å²) in [5.74, 6) is -10.1. The summed E-state index contributed by atoms with van der Waals surface area (Å²) in [6, 6.07) is 0. The summed E-state index contributed by atoms with van der Waals surface area (Å²) in [5, 5.41) is 12.0. The number of hydrogen-bond donors (Lipinski definition) is 2. The lowest BCUT2D eigenvalue weighted by molar-refractivity contribution is 0.0455. The largest absolute Gasteiger partial charge is 0.388 e. The summed E-state index contributed by atoms with van der Waals surface area (Å²) in [4.78, 5) is 0. The Bertz CT molecular complexity index is 445. The molecule has 19 heavy (non-hydrogen) atoms. The standard InChI is InChI=1S/C12H14F5NO/c1-3-12(19,4-2)5-18-11-9(16)7(14)6(13)8(15)10(11)17/h18-19H,3-5H2,1-2H3. The molecular weight excluding hydrogens is 269 g/mol. The first-order valence-electron chi connectivity index (χ1n) is 5.75. The highest BCUT2D eigenvalue weighted by atomic mass is 19.2. The van der Waals surface area contributed by atoms with E-state index in [4.69, 9.17) is 0 Å². The van der Waals surface area contributed by atoms with Crippen LogP contribution in [0.15, 0.2) is 0 Å². The van der Waals surface area contributed by atoms with E-state index in [1.165, 1.54) is 0 Å². The van der Waals surface area contributed by atoms with Crippen molar-refractivity contribution < 1.29 is 27.1 Å². The molecule has 1 rings (SSSR count). The van der Waals surface area contributed by atoms with Gasteiger partial charge >= 0.3 is 0 Å². The van der Waals surface area contributed by atoms with Crippen LogP contribution in [0, 0.1) is 29.1 Å². The molecular formula is C12H14F5NO. The van der Waals surface area contributed by atoms with Crippen molar-refractivity contribution in [2.45, 2.75) is 32.3 Å². The van der Waals surface area contributed by atoms with E-state index in [9.17, 15) is 27.1 Å². The van der Waals surface area contributed by atoms with Crippen LogP contribution >= 0.6 is 0 Å². The van der Waals surface area contributed by atoms with E-state index < -0.39 is 40.4 Å². The summed E-state index contributed by atoms with van der Waals surface area (Å²) in [6.45, 7) is 2.96. The van der Waals surface area contributed by atoms with Crippen molar-refractivity contribution in [2.24, 2.45) is 0 Å². The molecule has 0 saturated heterocycles. The highest BCUT2D eigenvalue weighted by Crippen LogP contribution is 2.28. The van der Waals surface area contributed by atoms with Gasteiger partial charge in [-0.05, 0) is 12.8 Å². The molecule has 0 bridgehead atoms. The molecule has 0 saturated carbocycles. The second-order valence-corrected chi connectivity index (χ2v) is 4.23. The van der Waals surface area contributed by atoms with Gasteiger partial charge in [-0.25, -0.2) is 22.0 Å². The van der Waals surface area contributed by atoms with E-state index in [-0.39, 0.29) is 19.4 Å². The number of anilines is 1. The molecule has 0 fully saturated rings. The zero-order valence-electron chi connectivity index (χ0n) is 10.5. The first-order chi connectivity index (χ1) is 8.77. The van der Waals surface area contributed by atoms with Gasteiger partial charge in [0, 0.05) is 6.54 Å². The van der Waals surface area contributed by atoms with Gasteiger partial charge in [-0.1, -0.05) is 13.8 Å². The zero-order chi connectivity index (χ0) is 14.8. The Kier molecular flexibility index (Phi) is 4.73. The molecule has 7 heteroatoms. The molecule has 0 unspecified atom stereocenters. The lowest BCUT2D eigenvalue weighted by Gasteiger charge is -2.26. The van der Waals surface area contributed by atoms with Gasteiger partial charge in [0.15, 0.2) is 23.3 Å². The molecule has 0 atom stereocenters. The summed E-state index contributed by atoms with van der Waals surface area (Å²) in [5.41, 5.74) is -2.41. The molecule has 0 aliphatic heterocycles. The fourth-order valence-electron chi connectivity index (χ4n) is 1.51. The van der Waals surface area contributed by atoms with Gasteiger partial charge in [0.05, 0.1) is 5.60 Å². The van der Waals surface area contributed by atoms with Crippen LogP contribution < -0.4 is 5.32 Å².